The number of aliphatic hydroxyl groups excluding tert-OH is 1. The van der Waals surface area contributed by atoms with E-state index < -0.39 is 18.7 Å². The highest BCUT2D eigenvalue weighted by atomic mass is 35.5. The van der Waals surface area contributed by atoms with Gasteiger partial charge in [-0.15, -0.1) is 0 Å². The minimum atomic E-state index is -3.04. The van der Waals surface area contributed by atoms with Gasteiger partial charge in [0, 0.05) is 41.7 Å². The topological polar surface area (TPSA) is 86.7 Å². The van der Waals surface area contributed by atoms with Crippen LogP contribution < -0.4 is 14.2 Å². The predicted octanol–water partition coefficient (Wildman–Crippen LogP) is 8.85. The molecule has 1 N–H and O–H groups in total. The summed E-state index contributed by atoms with van der Waals surface area (Å²) >= 11 is 13.4. The second-order valence-corrected chi connectivity index (χ2v) is 14.8. The smallest absolute Gasteiger partial charge is 0.387 e. The molecule has 0 aromatic heterocycles. The third-order valence-corrected chi connectivity index (χ3v) is 10.5. The van der Waals surface area contributed by atoms with Crippen LogP contribution >= 0.6 is 23.2 Å². The van der Waals surface area contributed by atoms with Crippen LogP contribution in [0.4, 0.5) is 8.78 Å². The fourth-order valence-corrected chi connectivity index (χ4v) is 6.85. The van der Waals surface area contributed by atoms with E-state index in [0.717, 1.165) is 75.7 Å². The van der Waals surface area contributed by atoms with Crippen LogP contribution in [-0.2, 0) is 28.9 Å². The van der Waals surface area contributed by atoms with Crippen molar-refractivity contribution in [1.29, 1.82) is 0 Å². The lowest BCUT2D eigenvalue weighted by atomic mass is 9.99. The van der Waals surface area contributed by atoms with Crippen LogP contribution in [0.15, 0.2) is 48.5 Å². The summed E-state index contributed by atoms with van der Waals surface area (Å²) in [5.41, 5.74) is 3.09. The van der Waals surface area contributed by atoms with Gasteiger partial charge in [-0.05, 0) is 116 Å². The number of rotatable bonds is 19. The molecule has 1 atom stereocenters. The highest BCUT2D eigenvalue weighted by Gasteiger charge is 2.27. The molecule has 1 unspecified atom stereocenters. The Morgan fingerprint density at radius 1 is 0.885 bits per heavy atom. The Morgan fingerprint density at radius 2 is 1.54 bits per heavy atom. The first-order chi connectivity index (χ1) is 25.1. The van der Waals surface area contributed by atoms with Crippen molar-refractivity contribution < 1.29 is 42.4 Å². The van der Waals surface area contributed by atoms with Crippen LogP contribution in [0, 0.1) is 11.8 Å². The van der Waals surface area contributed by atoms with Crippen LogP contribution in [-0.4, -0.2) is 68.1 Å². The van der Waals surface area contributed by atoms with Crippen molar-refractivity contribution in [3.63, 3.8) is 0 Å². The minimum absolute atomic E-state index is 0.0999. The Balaban J connectivity index is 1.23. The fraction of sp³-hybridized carbons (Fsp3) is 0.525. The zero-order valence-electron chi connectivity index (χ0n) is 29.5. The van der Waals surface area contributed by atoms with Crippen LogP contribution in [0.25, 0.3) is 0 Å². The maximum Gasteiger partial charge on any atom is 0.387 e. The Morgan fingerprint density at radius 3 is 2.17 bits per heavy atom. The molecule has 6 rings (SSSR count). The van der Waals surface area contributed by atoms with Gasteiger partial charge in [-0.25, -0.2) is 4.79 Å². The molecule has 282 valence electrons. The van der Waals surface area contributed by atoms with Gasteiger partial charge in [0.25, 0.3) is 0 Å². The molecule has 2 aliphatic carbocycles. The second-order valence-electron chi connectivity index (χ2n) is 14.0. The van der Waals surface area contributed by atoms with E-state index in [-0.39, 0.29) is 30.6 Å². The molecule has 52 heavy (non-hydrogen) atoms. The van der Waals surface area contributed by atoms with E-state index in [2.05, 4.69) is 4.90 Å². The van der Waals surface area contributed by atoms with Gasteiger partial charge >= 0.3 is 12.6 Å². The van der Waals surface area contributed by atoms with Crippen LogP contribution in [0.3, 0.4) is 0 Å². The number of hydrogen-bond donors (Lipinski definition) is 1. The molecular formula is C40H47Cl2F2NO7. The van der Waals surface area contributed by atoms with Gasteiger partial charge in [-0.3, -0.25) is 0 Å². The maximum absolute atomic E-state index is 14.0. The van der Waals surface area contributed by atoms with E-state index in [1.807, 2.05) is 19.1 Å². The number of aliphatic hydroxyl groups is 1. The molecule has 8 nitrogen and oxygen atoms in total. The number of halogens is 4. The van der Waals surface area contributed by atoms with Gasteiger partial charge in [-0.1, -0.05) is 36.2 Å². The number of nitrogens with zero attached hydrogens (tertiary/aromatic N) is 1. The van der Waals surface area contributed by atoms with Gasteiger partial charge in [0.2, 0.25) is 0 Å². The van der Waals surface area contributed by atoms with Crippen molar-refractivity contribution in [3.05, 3.63) is 86.4 Å². The molecule has 0 bridgehead atoms. The number of likely N-dealkylation sites (tertiary alicyclic amines) is 1. The number of carbonyl (C=O) groups is 1. The lowest BCUT2D eigenvalue weighted by molar-refractivity contribution is -0.0515. The van der Waals surface area contributed by atoms with Gasteiger partial charge in [-0.2, -0.15) is 8.78 Å². The lowest BCUT2D eigenvalue weighted by Gasteiger charge is -2.29. The van der Waals surface area contributed by atoms with Crippen molar-refractivity contribution in [2.45, 2.75) is 83.7 Å². The summed E-state index contributed by atoms with van der Waals surface area (Å²) in [4.78, 5) is 16.2. The highest BCUT2D eigenvalue weighted by molar-refractivity contribution is 6.36. The number of benzene rings is 3. The SMILES string of the molecule is CCc1cc(Cl)c(CC(OC(=O)c2ccc(OCC3CC3)c(COCCN3CCC(O)CC3)c2)c2ccc(OC(F)F)c(OCC3CC3)c2)c(Cl)c1. The molecule has 3 fully saturated rings. The van der Waals surface area contributed by atoms with E-state index in [1.165, 1.54) is 6.07 Å². The molecule has 1 heterocycles. The molecule has 2 saturated carbocycles. The summed E-state index contributed by atoms with van der Waals surface area (Å²) < 4.78 is 55.8. The Bertz CT molecular complexity index is 1640. The van der Waals surface area contributed by atoms with Crippen LogP contribution in [0.5, 0.6) is 17.2 Å². The van der Waals surface area contributed by atoms with Crippen molar-refractivity contribution in [2.24, 2.45) is 11.8 Å². The first-order valence-electron chi connectivity index (χ1n) is 18.3. The van der Waals surface area contributed by atoms with Crippen LogP contribution in [0.2, 0.25) is 10.0 Å². The Kier molecular flexibility index (Phi) is 13.5. The normalized spacial score (nSPS) is 17.3. The Labute approximate surface area is 314 Å². The van der Waals surface area contributed by atoms with Gasteiger partial charge in [0.1, 0.15) is 11.9 Å². The molecule has 3 aromatic carbocycles. The number of hydrogen-bond acceptors (Lipinski definition) is 8. The average Bonchev–Trinajstić information content (AvgIpc) is 4.07. The number of esters is 1. The van der Waals surface area contributed by atoms with E-state index in [0.29, 0.717) is 64.1 Å². The molecule has 12 heteroatoms. The number of carbonyl (C=O) groups excluding carboxylic acids is 1. The molecule has 1 saturated heterocycles. The molecule has 3 aromatic rings. The quantitative estimate of drug-likeness (QED) is 0.0959. The van der Waals surface area contributed by atoms with Crippen molar-refractivity contribution in [1.82, 2.24) is 4.90 Å². The first-order valence-corrected chi connectivity index (χ1v) is 19.0. The summed E-state index contributed by atoms with van der Waals surface area (Å²) in [6, 6.07) is 13.4. The second kappa shape index (κ2) is 18.3. The first kappa shape index (κ1) is 38.6. The van der Waals surface area contributed by atoms with Crippen LogP contribution in [0.1, 0.15) is 84.2 Å². The summed E-state index contributed by atoms with van der Waals surface area (Å²) in [5.74, 6) is 0.994. The average molecular weight is 763 g/mol. The third-order valence-electron chi connectivity index (χ3n) is 9.81. The summed E-state index contributed by atoms with van der Waals surface area (Å²) in [6.45, 7) is 3.07. The van der Waals surface area contributed by atoms with Gasteiger partial charge < -0.3 is 33.7 Å². The van der Waals surface area contributed by atoms with E-state index in [1.54, 1.807) is 30.3 Å². The maximum atomic E-state index is 14.0. The lowest BCUT2D eigenvalue weighted by Crippen LogP contribution is -2.37. The monoisotopic (exact) mass is 761 g/mol. The zero-order chi connectivity index (χ0) is 36.6. The Hall–Kier alpha value is -3.15. The summed E-state index contributed by atoms with van der Waals surface area (Å²) in [7, 11) is 0. The zero-order valence-corrected chi connectivity index (χ0v) is 31.0. The van der Waals surface area contributed by atoms with Crippen molar-refractivity contribution in [3.8, 4) is 17.2 Å². The van der Waals surface area contributed by atoms with E-state index >= 15 is 0 Å². The number of aryl methyl sites for hydroxylation is 1. The summed E-state index contributed by atoms with van der Waals surface area (Å²) in [6.07, 6.45) is 5.53. The van der Waals surface area contributed by atoms with Gasteiger partial charge in [0.15, 0.2) is 11.5 Å². The number of ether oxygens (including phenoxy) is 5. The highest BCUT2D eigenvalue weighted by Crippen LogP contribution is 2.39. The van der Waals surface area contributed by atoms with E-state index in [9.17, 15) is 18.7 Å². The minimum Gasteiger partial charge on any atom is -0.493 e. The molecule has 3 aliphatic rings. The molecule has 1 aliphatic heterocycles. The van der Waals surface area contributed by atoms with E-state index in [4.69, 9.17) is 46.9 Å². The standard InChI is InChI=1S/C40H47Cl2F2NO7/c1-2-25-17-33(41)32(34(42)18-25)21-37(28-7-10-36(52-40(43)44)38(20-28)50-23-27-5-6-27)51-39(47)29-8-9-35(49-22-26-3-4-26)30(19-29)24-48-16-15-45-13-11-31(46)12-14-45/h7-10,17-20,26-27,31,37,40,46H,2-6,11-16,21-24H2,1H3. The largest absolute Gasteiger partial charge is 0.493 e. The number of alkyl halides is 2. The van der Waals surface area contributed by atoms with Crippen molar-refractivity contribution >= 4 is 29.2 Å². The fourth-order valence-electron chi connectivity index (χ4n) is 6.16. The molecule has 0 spiro atoms. The predicted molar refractivity (Wildman–Crippen MR) is 195 cm³/mol. The van der Waals surface area contributed by atoms with Gasteiger partial charge in [0.05, 0.1) is 38.1 Å². The van der Waals surface area contributed by atoms with Crippen molar-refractivity contribution in [2.75, 3.05) is 39.5 Å². The number of piperidine rings is 1. The molecular weight excluding hydrogens is 715 g/mol. The summed E-state index contributed by atoms with van der Waals surface area (Å²) in [5, 5.41) is 10.7. The molecule has 0 radical (unpaired) electrons. The molecule has 0 amide bonds. The third kappa shape index (κ3) is 11.2.